The van der Waals surface area contributed by atoms with Crippen LogP contribution in [0.5, 0.6) is 0 Å². The maximum Gasteiger partial charge on any atom is 0.0994 e. The van der Waals surface area contributed by atoms with E-state index < -0.39 is 0 Å². The summed E-state index contributed by atoms with van der Waals surface area (Å²) in [6, 6.07) is 12.4. The lowest BCUT2D eigenvalue weighted by molar-refractivity contribution is 0.678. The quantitative estimate of drug-likeness (QED) is 0.741. The largest absolute Gasteiger partial charge is 0.759 e. The van der Waals surface area contributed by atoms with Gasteiger partial charge in [-0.2, -0.15) is 5.26 Å². The van der Waals surface area contributed by atoms with Crippen LogP contribution in [0.2, 0.25) is 0 Å². The SMILES string of the molecule is N#Cc1c([S-])nc(-c2ccccc2)c2c1CCCC2. The van der Waals surface area contributed by atoms with E-state index in [1.165, 1.54) is 5.56 Å². The van der Waals surface area contributed by atoms with Crippen LogP contribution < -0.4 is 0 Å². The second-order valence-corrected chi connectivity index (χ2v) is 5.17. The van der Waals surface area contributed by atoms with Crippen LogP contribution in [0.4, 0.5) is 0 Å². The summed E-state index contributed by atoms with van der Waals surface area (Å²) in [6.45, 7) is 0. The Morgan fingerprint density at radius 2 is 1.74 bits per heavy atom. The summed E-state index contributed by atoms with van der Waals surface area (Å²) < 4.78 is 0. The third-order valence-electron chi connectivity index (χ3n) is 3.64. The number of aromatic nitrogens is 1. The van der Waals surface area contributed by atoms with Crippen LogP contribution in [0, 0.1) is 11.3 Å². The van der Waals surface area contributed by atoms with Gasteiger partial charge in [0.15, 0.2) is 0 Å². The Morgan fingerprint density at radius 1 is 1.05 bits per heavy atom. The molecule has 19 heavy (non-hydrogen) atoms. The summed E-state index contributed by atoms with van der Waals surface area (Å²) in [7, 11) is 0. The number of hydrogen-bond acceptors (Lipinski definition) is 3. The summed E-state index contributed by atoms with van der Waals surface area (Å²) in [5.41, 5.74) is 5.04. The second-order valence-electron chi connectivity index (χ2n) is 4.78. The molecule has 3 rings (SSSR count). The van der Waals surface area contributed by atoms with E-state index in [-0.39, 0.29) is 0 Å². The Kier molecular flexibility index (Phi) is 3.18. The summed E-state index contributed by atoms with van der Waals surface area (Å²) in [6.07, 6.45) is 4.24. The van der Waals surface area contributed by atoms with E-state index in [4.69, 9.17) is 12.6 Å². The molecule has 0 atom stereocenters. The normalized spacial score (nSPS) is 13.6. The minimum absolute atomic E-state index is 0.446. The van der Waals surface area contributed by atoms with Crippen molar-refractivity contribution in [2.75, 3.05) is 0 Å². The Balaban J connectivity index is 2.27. The lowest BCUT2D eigenvalue weighted by atomic mass is 9.86. The number of pyridine rings is 1. The van der Waals surface area contributed by atoms with Gasteiger partial charge in [-0.3, -0.25) is 4.98 Å². The topological polar surface area (TPSA) is 36.7 Å². The highest BCUT2D eigenvalue weighted by molar-refractivity contribution is 7.58. The number of fused-ring (bicyclic) bond motifs is 1. The fourth-order valence-corrected chi connectivity index (χ4v) is 3.01. The monoisotopic (exact) mass is 265 g/mol. The summed E-state index contributed by atoms with van der Waals surface area (Å²) in [5, 5.41) is 9.73. The van der Waals surface area contributed by atoms with Gasteiger partial charge in [0, 0.05) is 5.56 Å². The first-order chi connectivity index (χ1) is 9.31. The number of hydrogen-bond donors (Lipinski definition) is 0. The number of nitriles is 1. The number of benzene rings is 1. The summed E-state index contributed by atoms with van der Waals surface area (Å²) in [4.78, 5) is 4.52. The molecule has 1 aliphatic carbocycles. The molecule has 94 valence electrons. The van der Waals surface area contributed by atoms with E-state index in [2.05, 4.69) is 23.2 Å². The molecule has 0 unspecified atom stereocenters. The van der Waals surface area contributed by atoms with Gasteiger partial charge in [0.2, 0.25) is 0 Å². The zero-order valence-corrected chi connectivity index (χ0v) is 11.3. The van der Waals surface area contributed by atoms with Gasteiger partial charge in [-0.15, -0.1) is 0 Å². The molecule has 0 fully saturated rings. The fraction of sp³-hybridized carbons (Fsp3) is 0.250. The Morgan fingerprint density at radius 3 is 2.42 bits per heavy atom. The molecular weight excluding hydrogens is 252 g/mol. The van der Waals surface area contributed by atoms with E-state index >= 15 is 0 Å². The molecule has 0 amide bonds. The number of rotatable bonds is 1. The first-order valence-corrected chi connectivity index (χ1v) is 6.90. The standard InChI is InChI=1S/C16H14N2S/c17-10-14-12-8-4-5-9-13(12)15(18-16(14)19)11-6-2-1-3-7-11/h1-3,6-7H,4-5,8-9H2,(H,18,19)/p-1. The first-order valence-electron chi connectivity index (χ1n) is 6.49. The average molecular weight is 265 g/mol. The lowest BCUT2D eigenvalue weighted by Gasteiger charge is -2.24. The van der Waals surface area contributed by atoms with E-state index in [1.54, 1.807) is 0 Å². The van der Waals surface area contributed by atoms with Crippen molar-refractivity contribution < 1.29 is 0 Å². The molecule has 0 bridgehead atoms. The third-order valence-corrected chi connectivity index (χ3v) is 3.94. The minimum Gasteiger partial charge on any atom is -0.759 e. The maximum absolute atomic E-state index is 9.28. The molecular formula is C16H13N2S-. The molecule has 0 N–H and O–H groups in total. The van der Waals surface area contributed by atoms with Gasteiger partial charge in [0.1, 0.15) is 0 Å². The predicted molar refractivity (Wildman–Crippen MR) is 76.7 cm³/mol. The van der Waals surface area contributed by atoms with Crippen molar-refractivity contribution in [2.24, 2.45) is 0 Å². The van der Waals surface area contributed by atoms with Gasteiger partial charge in [-0.1, -0.05) is 35.4 Å². The van der Waals surface area contributed by atoms with Gasteiger partial charge in [0.05, 0.1) is 17.3 Å². The molecule has 0 radical (unpaired) electrons. The van der Waals surface area contributed by atoms with Crippen LogP contribution in [0.1, 0.15) is 29.5 Å². The molecule has 0 aliphatic heterocycles. The van der Waals surface area contributed by atoms with Crippen LogP contribution in [0.25, 0.3) is 11.3 Å². The molecule has 1 aliphatic rings. The van der Waals surface area contributed by atoms with E-state index in [0.29, 0.717) is 10.6 Å². The first kappa shape index (κ1) is 12.1. The molecule has 0 saturated carbocycles. The Bertz CT molecular complexity index is 657. The molecule has 1 heterocycles. The highest BCUT2D eigenvalue weighted by Crippen LogP contribution is 2.33. The molecule has 0 saturated heterocycles. The zero-order chi connectivity index (χ0) is 13.2. The van der Waals surface area contributed by atoms with E-state index in [9.17, 15) is 5.26 Å². The van der Waals surface area contributed by atoms with Gasteiger partial charge >= 0.3 is 0 Å². The van der Waals surface area contributed by atoms with Crippen molar-refractivity contribution in [1.29, 1.82) is 5.26 Å². The molecule has 1 aromatic heterocycles. The van der Waals surface area contributed by atoms with Crippen molar-refractivity contribution in [1.82, 2.24) is 4.98 Å². The van der Waals surface area contributed by atoms with Gasteiger partial charge < -0.3 is 12.6 Å². The highest BCUT2D eigenvalue weighted by Gasteiger charge is 2.19. The maximum atomic E-state index is 9.28. The Hall–Kier alpha value is -1.92. The average Bonchev–Trinajstić information content (AvgIpc) is 2.47. The van der Waals surface area contributed by atoms with Crippen LogP contribution in [-0.4, -0.2) is 4.98 Å². The Labute approximate surface area is 118 Å². The van der Waals surface area contributed by atoms with Crippen molar-refractivity contribution in [2.45, 2.75) is 30.7 Å². The molecule has 2 nitrogen and oxygen atoms in total. The van der Waals surface area contributed by atoms with Gasteiger partial charge in [-0.05, 0) is 36.8 Å². The zero-order valence-electron chi connectivity index (χ0n) is 10.5. The minimum atomic E-state index is 0.446. The van der Waals surface area contributed by atoms with Crippen LogP contribution in [0.15, 0.2) is 35.4 Å². The van der Waals surface area contributed by atoms with Crippen LogP contribution in [-0.2, 0) is 25.5 Å². The fourth-order valence-electron chi connectivity index (χ4n) is 2.75. The molecule has 3 heteroatoms. The van der Waals surface area contributed by atoms with Crippen LogP contribution in [0.3, 0.4) is 0 Å². The second kappa shape index (κ2) is 4.99. The molecule has 0 spiro atoms. The van der Waals surface area contributed by atoms with E-state index in [0.717, 1.165) is 42.5 Å². The van der Waals surface area contributed by atoms with Crippen molar-refractivity contribution in [3.8, 4) is 17.3 Å². The van der Waals surface area contributed by atoms with Crippen molar-refractivity contribution in [3.05, 3.63) is 47.0 Å². The summed E-state index contributed by atoms with van der Waals surface area (Å²) >= 11 is 5.29. The lowest BCUT2D eigenvalue weighted by Crippen LogP contribution is -2.10. The van der Waals surface area contributed by atoms with E-state index in [1.807, 2.05) is 18.2 Å². The smallest absolute Gasteiger partial charge is 0.0994 e. The highest BCUT2D eigenvalue weighted by atomic mass is 32.1. The van der Waals surface area contributed by atoms with Crippen molar-refractivity contribution in [3.63, 3.8) is 0 Å². The van der Waals surface area contributed by atoms with Gasteiger partial charge in [0.25, 0.3) is 0 Å². The van der Waals surface area contributed by atoms with Gasteiger partial charge in [-0.25, -0.2) is 0 Å². The number of nitrogens with zero attached hydrogens (tertiary/aromatic N) is 2. The van der Waals surface area contributed by atoms with Crippen LogP contribution >= 0.6 is 0 Å². The summed E-state index contributed by atoms with van der Waals surface area (Å²) in [5.74, 6) is 0. The predicted octanol–water partition coefficient (Wildman–Crippen LogP) is 3.40. The van der Waals surface area contributed by atoms with Crippen molar-refractivity contribution >= 4 is 12.6 Å². The molecule has 2 aromatic rings. The third kappa shape index (κ3) is 2.09. The molecule has 1 aromatic carbocycles.